The Morgan fingerprint density at radius 3 is 1.88 bits per heavy atom. The van der Waals surface area contributed by atoms with E-state index in [-0.39, 0.29) is 0 Å². The summed E-state index contributed by atoms with van der Waals surface area (Å²) >= 11 is 1.81. The molecule has 1 unspecified atom stereocenters. The van der Waals surface area contributed by atoms with E-state index in [2.05, 4.69) is 168 Å². The normalized spacial score (nSPS) is 14.1. The van der Waals surface area contributed by atoms with Crippen LogP contribution in [0.3, 0.4) is 0 Å². The first-order chi connectivity index (χ1) is 28.3. The van der Waals surface area contributed by atoms with Gasteiger partial charge >= 0.3 is 0 Å². The van der Waals surface area contributed by atoms with Crippen molar-refractivity contribution in [2.24, 2.45) is 9.98 Å². The predicted octanol–water partition coefficient (Wildman–Crippen LogP) is 13.6. The van der Waals surface area contributed by atoms with Gasteiger partial charge in [-0.3, -0.25) is 0 Å². The SMILES string of the molecule is c1ccc(C2=NC(c3ccc(N(c4ccccc4)c4ccc(-c5ccccc5)cc4)c4oc5ccccc5c34)N=C(c3cccc4sc5ccccc5c34)N2)cc1. The highest BCUT2D eigenvalue weighted by molar-refractivity contribution is 7.25. The van der Waals surface area contributed by atoms with Gasteiger partial charge in [-0.15, -0.1) is 11.3 Å². The van der Waals surface area contributed by atoms with Crippen LogP contribution in [0.1, 0.15) is 22.9 Å². The Morgan fingerprint density at radius 1 is 0.474 bits per heavy atom. The van der Waals surface area contributed by atoms with E-state index >= 15 is 0 Å². The number of amidine groups is 2. The van der Waals surface area contributed by atoms with Gasteiger partial charge in [0.2, 0.25) is 0 Å². The lowest BCUT2D eigenvalue weighted by molar-refractivity contribution is 0.668. The summed E-state index contributed by atoms with van der Waals surface area (Å²) in [5.41, 5.74) is 9.95. The van der Waals surface area contributed by atoms with Gasteiger partial charge in [0, 0.05) is 59.0 Å². The Labute approximate surface area is 333 Å². The Kier molecular flexibility index (Phi) is 8.00. The Hall–Kier alpha value is -7.28. The maximum absolute atomic E-state index is 6.90. The molecule has 10 aromatic rings. The molecule has 270 valence electrons. The van der Waals surface area contributed by atoms with Crippen LogP contribution in [0.5, 0.6) is 0 Å². The number of aliphatic imine (C=N–C) groups is 2. The minimum absolute atomic E-state index is 0.551. The largest absolute Gasteiger partial charge is 0.454 e. The molecule has 8 aromatic carbocycles. The molecule has 2 aromatic heterocycles. The van der Waals surface area contributed by atoms with E-state index in [0.29, 0.717) is 0 Å². The zero-order valence-electron chi connectivity index (χ0n) is 30.7. The lowest BCUT2D eigenvalue weighted by atomic mass is 10.0. The van der Waals surface area contributed by atoms with E-state index in [1.54, 1.807) is 0 Å². The van der Waals surface area contributed by atoms with Crippen LogP contribution in [0.2, 0.25) is 0 Å². The van der Waals surface area contributed by atoms with Gasteiger partial charge in [-0.25, -0.2) is 9.98 Å². The van der Waals surface area contributed by atoms with Crippen molar-refractivity contribution in [2.45, 2.75) is 6.17 Å². The van der Waals surface area contributed by atoms with Crippen molar-refractivity contribution in [3.8, 4) is 11.1 Å². The van der Waals surface area contributed by atoms with Crippen LogP contribution in [-0.4, -0.2) is 11.7 Å². The van der Waals surface area contributed by atoms with Crippen molar-refractivity contribution in [2.75, 3.05) is 4.90 Å². The summed E-state index contributed by atoms with van der Waals surface area (Å²) in [5, 5.41) is 8.11. The number of hydrogen-bond acceptors (Lipinski definition) is 6. The molecule has 1 atom stereocenters. The van der Waals surface area contributed by atoms with Gasteiger partial charge in [0.05, 0.1) is 5.69 Å². The highest BCUT2D eigenvalue weighted by Crippen LogP contribution is 2.46. The minimum Gasteiger partial charge on any atom is -0.454 e. The van der Waals surface area contributed by atoms with E-state index in [0.717, 1.165) is 72.9 Å². The molecular weight excluding hydrogens is 717 g/mol. The highest BCUT2D eigenvalue weighted by atomic mass is 32.1. The number of nitrogens with zero attached hydrogens (tertiary/aromatic N) is 3. The van der Waals surface area contributed by atoms with Crippen LogP contribution in [-0.2, 0) is 0 Å². The van der Waals surface area contributed by atoms with Crippen LogP contribution < -0.4 is 10.2 Å². The average Bonchev–Trinajstić information content (AvgIpc) is 3.87. The third-order valence-electron chi connectivity index (χ3n) is 10.7. The number of nitrogens with one attached hydrogen (secondary N) is 1. The average molecular weight is 751 g/mol. The fraction of sp³-hybridized carbons (Fsp3) is 0.0196. The summed E-state index contributed by atoms with van der Waals surface area (Å²) in [6, 6.07) is 67.8. The summed E-state index contributed by atoms with van der Waals surface area (Å²) in [5.74, 6) is 1.56. The highest BCUT2D eigenvalue weighted by Gasteiger charge is 2.28. The fourth-order valence-electron chi connectivity index (χ4n) is 8.11. The number of benzene rings is 8. The zero-order valence-corrected chi connectivity index (χ0v) is 31.5. The molecule has 0 saturated heterocycles. The van der Waals surface area contributed by atoms with E-state index in [1.165, 1.54) is 25.7 Å². The van der Waals surface area contributed by atoms with Gasteiger partial charge in [-0.2, -0.15) is 0 Å². The van der Waals surface area contributed by atoms with Crippen molar-refractivity contribution in [3.05, 3.63) is 211 Å². The monoisotopic (exact) mass is 750 g/mol. The maximum atomic E-state index is 6.90. The van der Waals surface area contributed by atoms with Crippen molar-refractivity contribution in [3.63, 3.8) is 0 Å². The number of thiophene rings is 1. The van der Waals surface area contributed by atoms with Crippen LogP contribution in [0.25, 0.3) is 53.2 Å². The van der Waals surface area contributed by atoms with Crippen LogP contribution in [0.15, 0.2) is 209 Å². The fourth-order valence-corrected chi connectivity index (χ4v) is 9.24. The summed E-state index contributed by atoms with van der Waals surface area (Å²) in [4.78, 5) is 13.1. The lowest BCUT2D eigenvalue weighted by Crippen LogP contribution is -2.36. The Morgan fingerprint density at radius 2 is 1.09 bits per heavy atom. The van der Waals surface area contributed by atoms with Crippen molar-refractivity contribution >= 4 is 82.2 Å². The van der Waals surface area contributed by atoms with Crippen molar-refractivity contribution in [1.29, 1.82) is 0 Å². The van der Waals surface area contributed by atoms with Crippen LogP contribution in [0, 0.1) is 0 Å². The minimum atomic E-state index is -0.551. The molecule has 1 aliphatic heterocycles. The third kappa shape index (κ3) is 5.77. The van der Waals surface area contributed by atoms with Gasteiger partial charge in [0.1, 0.15) is 17.3 Å². The topological polar surface area (TPSA) is 53.1 Å². The second-order valence-corrected chi connectivity index (χ2v) is 15.2. The smallest absolute Gasteiger partial charge is 0.170 e. The molecule has 3 heterocycles. The molecule has 0 saturated carbocycles. The van der Waals surface area contributed by atoms with Crippen molar-refractivity contribution in [1.82, 2.24) is 5.32 Å². The number of para-hydroxylation sites is 2. The van der Waals surface area contributed by atoms with Gasteiger partial charge in [-0.05, 0) is 59.7 Å². The molecule has 57 heavy (non-hydrogen) atoms. The van der Waals surface area contributed by atoms with E-state index < -0.39 is 6.17 Å². The third-order valence-corrected chi connectivity index (χ3v) is 11.9. The van der Waals surface area contributed by atoms with Crippen LogP contribution >= 0.6 is 11.3 Å². The first-order valence-electron chi connectivity index (χ1n) is 19.1. The van der Waals surface area contributed by atoms with Crippen LogP contribution in [0.4, 0.5) is 17.1 Å². The Balaban J connectivity index is 1.12. The molecule has 0 bridgehead atoms. The van der Waals surface area contributed by atoms with Gasteiger partial charge < -0.3 is 14.6 Å². The summed E-state index contributed by atoms with van der Waals surface area (Å²) in [6.45, 7) is 0. The maximum Gasteiger partial charge on any atom is 0.170 e. The first-order valence-corrected chi connectivity index (χ1v) is 19.9. The second-order valence-electron chi connectivity index (χ2n) is 14.2. The first kappa shape index (κ1) is 33.1. The van der Waals surface area contributed by atoms with E-state index in [4.69, 9.17) is 14.4 Å². The standard InChI is InChI=1S/C51H34N4OS/c1-4-15-33(16-5-1)34-27-29-37(30-28-34)55(36-19-8-3-9-20-36)42-32-31-41(47-38-21-10-12-24-43(38)56-48(42)47)51-53-49(35-17-6-2-7-18-35)52-50(54-51)40-23-14-26-45-46(40)39-22-11-13-25-44(39)57-45/h1-32,51H,(H,52,53,54). The molecule has 0 amide bonds. The molecule has 0 spiro atoms. The number of fused-ring (bicyclic) bond motifs is 6. The van der Waals surface area contributed by atoms with E-state index in [9.17, 15) is 0 Å². The second kappa shape index (κ2) is 13.8. The summed E-state index contributed by atoms with van der Waals surface area (Å²) in [7, 11) is 0. The summed E-state index contributed by atoms with van der Waals surface area (Å²) < 4.78 is 9.38. The molecule has 11 rings (SSSR count). The molecule has 6 heteroatoms. The van der Waals surface area contributed by atoms with Gasteiger partial charge in [0.15, 0.2) is 11.7 Å². The molecule has 0 radical (unpaired) electrons. The van der Waals surface area contributed by atoms with E-state index in [1.807, 2.05) is 47.7 Å². The quantitative estimate of drug-likeness (QED) is 0.176. The molecular formula is C51H34N4OS. The molecule has 1 aliphatic rings. The molecule has 0 fully saturated rings. The number of hydrogen-bond donors (Lipinski definition) is 1. The number of furan rings is 1. The van der Waals surface area contributed by atoms with Crippen molar-refractivity contribution < 1.29 is 4.42 Å². The Bertz CT molecular complexity index is 3150. The van der Waals surface area contributed by atoms with Gasteiger partial charge in [0.25, 0.3) is 0 Å². The molecule has 5 nitrogen and oxygen atoms in total. The lowest BCUT2D eigenvalue weighted by Gasteiger charge is -2.27. The predicted molar refractivity (Wildman–Crippen MR) is 239 cm³/mol. The number of anilines is 3. The molecule has 1 N–H and O–H groups in total. The summed E-state index contributed by atoms with van der Waals surface area (Å²) in [6.07, 6.45) is -0.551. The zero-order chi connectivity index (χ0) is 37.7. The molecule has 0 aliphatic carbocycles. The number of rotatable bonds is 7. The van der Waals surface area contributed by atoms with Gasteiger partial charge in [-0.1, -0.05) is 146 Å².